The Labute approximate surface area is 147 Å². The molecule has 7 nitrogen and oxygen atoms in total. The van der Waals surface area contributed by atoms with Gasteiger partial charge in [-0.05, 0) is 59.0 Å². The molecule has 3 rings (SSSR count). The van der Waals surface area contributed by atoms with Gasteiger partial charge in [-0.3, -0.25) is 4.79 Å². The van der Waals surface area contributed by atoms with E-state index in [-0.39, 0.29) is 24.9 Å². The molecule has 0 aliphatic rings. The van der Waals surface area contributed by atoms with Crippen LogP contribution in [0, 0.1) is 5.82 Å². The number of tetrazole rings is 1. The number of carbonyl (C=O) groups is 1. The van der Waals surface area contributed by atoms with Crippen LogP contribution in [0.4, 0.5) is 4.39 Å². The van der Waals surface area contributed by atoms with Crippen LogP contribution in [0.3, 0.4) is 0 Å². The summed E-state index contributed by atoms with van der Waals surface area (Å²) in [7, 11) is 0. The number of benzene rings is 2. The van der Waals surface area contributed by atoms with Crippen LogP contribution in [0.15, 0.2) is 48.5 Å². The van der Waals surface area contributed by atoms with Gasteiger partial charge in [0.15, 0.2) is 12.4 Å². The fraction of sp³-hybridized carbons (Fsp3) is 0.125. The van der Waals surface area contributed by atoms with E-state index in [1.54, 1.807) is 36.4 Å². The molecule has 2 aromatic carbocycles. The van der Waals surface area contributed by atoms with Gasteiger partial charge < -0.3 is 10.1 Å². The van der Waals surface area contributed by atoms with Crippen molar-refractivity contribution in [1.82, 2.24) is 25.5 Å². The highest BCUT2D eigenvalue weighted by molar-refractivity contribution is 6.30. The van der Waals surface area contributed by atoms with Crippen LogP contribution in [0.1, 0.15) is 5.82 Å². The van der Waals surface area contributed by atoms with Crippen molar-refractivity contribution in [1.29, 1.82) is 0 Å². The number of carbonyl (C=O) groups excluding carboxylic acids is 1. The molecule has 3 aromatic rings. The summed E-state index contributed by atoms with van der Waals surface area (Å²) >= 11 is 5.78. The minimum absolute atomic E-state index is 0.104. The molecule has 0 saturated heterocycles. The minimum Gasteiger partial charge on any atom is -0.484 e. The van der Waals surface area contributed by atoms with Crippen molar-refractivity contribution in [2.24, 2.45) is 0 Å². The first kappa shape index (κ1) is 16.8. The average molecular weight is 362 g/mol. The number of ether oxygens (including phenoxy) is 1. The molecule has 1 amide bonds. The summed E-state index contributed by atoms with van der Waals surface area (Å²) in [6, 6.07) is 12.4. The van der Waals surface area contributed by atoms with Crippen LogP contribution in [0.2, 0.25) is 5.02 Å². The van der Waals surface area contributed by atoms with Crippen LogP contribution in [-0.2, 0) is 11.3 Å². The third-order valence-corrected chi connectivity index (χ3v) is 3.48. The Morgan fingerprint density at radius 1 is 1.16 bits per heavy atom. The fourth-order valence-corrected chi connectivity index (χ4v) is 2.13. The first-order chi connectivity index (χ1) is 12.1. The Morgan fingerprint density at radius 3 is 2.60 bits per heavy atom. The van der Waals surface area contributed by atoms with Crippen molar-refractivity contribution in [2.75, 3.05) is 6.61 Å². The van der Waals surface area contributed by atoms with E-state index >= 15 is 0 Å². The topological polar surface area (TPSA) is 81.9 Å². The second kappa shape index (κ2) is 7.71. The molecule has 0 radical (unpaired) electrons. The van der Waals surface area contributed by atoms with E-state index in [2.05, 4.69) is 20.8 Å². The lowest BCUT2D eigenvalue weighted by atomic mass is 10.3. The van der Waals surface area contributed by atoms with Gasteiger partial charge in [-0.15, -0.1) is 5.10 Å². The van der Waals surface area contributed by atoms with E-state index in [9.17, 15) is 9.18 Å². The Bertz CT molecular complexity index is 852. The molecule has 0 aliphatic carbocycles. The number of nitrogens with one attached hydrogen (secondary N) is 1. The largest absolute Gasteiger partial charge is 0.484 e. The van der Waals surface area contributed by atoms with Gasteiger partial charge >= 0.3 is 0 Å². The van der Waals surface area contributed by atoms with Gasteiger partial charge in [-0.2, -0.15) is 4.68 Å². The number of nitrogens with zero attached hydrogens (tertiary/aromatic N) is 4. The van der Waals surface area contributed by atoms with Crippen LogP contribution >= 0.6 is 11.6 Å². The highest BCUT2D eigenvalue weighted by atomic mass is 35.5. The normalized spacial score (nSPS) is 10.5. The molecule has 1 N–H and O–H groups in total. The standard InChI is InChI=1S/C16H13ClFN5O2/c17-11-1-7-14(8-2-11)25-10-16(24)19-9-15-20-21-22-23(15)13-5-3-12(18)4-6-13/h1-8H,9-10H2,(H,19,24). The molecule has 0 unspecified atom stereocenters. The fourth-order valence-electron chi connectivity index (χ4n) is 2.01. The molecule has 0 aliphatic heterocycles. The molecule has 1 heterocycles. The highest BCUT2D eigenvalue weighted by Gasteiger charge is 2.10. The van der Waals surface area contributed by atoms with Crippen LogP contribution < -0.4 is 10.1 Å². The van der Waals surface area contributed by atoms with Gasteiger partial charge in [0.2, 0.25) is 0 Å². The van der Waals surface area contributed by atoms with Gasteiger partial charge in [0, 0.05) is 5.02 Å². The van der Waals surface area contributed by atoms with Crippen molar-refractivity contribution >= 4 is 17.5 Å². The SMILES string of the molecule is O=C(COc1ccc(Cl)cc1)NCc1nnnn1-c1ccc(F)cc1. The summed E-state index contributed by atoms with van der Waals surface area (Å²) in [5.41, 5.74) is 0.591. The monoisotopic (exact) mass is 361 g/mol. The Kier molecular flexibility index (Phi) is 5.20. The van der Waals surface area contributed by atoms with E-state index in [1.165, 1.54) is 16.8 Å². The molecule has 0 atom stereocenters. The first-order valence-corrected chi connectivity index (χ1v) is 7.68. The maximum absolute atomic E-state index is 13.0. The quantitative estimate of drug-likeness (QED) is 0.727. The van der Waals surface area contributed by atoms with Gasteiger partial charge in [0.05, 0.1) is 12.2 Å². The number of hydrogen-bond donors (Lipinski definition) is 1. The lowest BCUT2D eigenvalue weighted by Crippen LogP contribution is -2.29. The molecule has 1 aromatic heterocycles. The first-order valence-electron chi connectivity index (χ1n) is 7.30. The average Bonchev–Trinajstić information content (AvgIpc) is 3.09. The van der Waals surface area contributed by atoms with Gasteiger partial charge in [-0.25, -0.2) is 4.39 Å². The summed E-state index contributed by atoms with van der Waals surface area (Å²) in [5, 5.41) is 14.5. The van der Waals surface area contributed by atoms with E-state index < -0.39 is 0 Å². The second-order valence-electron chi connectivity index (χ2n) is 5.00. The molecular formula is C16H13ClFN5O2. The lowest BCUT2D eigenvalue weighted by Gasteiger charge is -2.08. The zero-order valence-electron chi connectivity index (χ0n) is 12.9. The van der Waals surface area contributed by atoms with E-state index in [0.717, 1.165) is 0 Å². The van der Waals surface area contributed by atoms with Gasteiger partial charge in [0.1, 0.15) is 11.6 Å². The number of hydrogen-bond acceptors (Lipinski definition) is 5. The maximum Gasteiger partial charge on any atom is 0.258 e. The number of aromatic nitrogens is 4. The molecule has 0 fully saturated rings. The summed E-state index contributed by atoms with van der Waals surface area (Å²) in [6.07, 6.45) is 0. The van der Waals surface area contributed by atoms with E-state index in [0.29, 0.717) is 22.3 Å². The second-order valence-corrected chi connectivity index (χ2v) is 5.44. The molecule has 128 valence electrons. The minimum atomic E-state index is -0.356. The predicted octanol–water partition coefficient (Wildman–Crippen LogP) is 2.15. The molecule has 25 heavy (non-hydrogen) atoms. The Hall–Kier alpha value is -3.00. The predicted molar refractivity (Wildman–Crippen MR) is 87.9 cm³/mol. The van der Waals surface area contributed by atoms with E-state index in [1.807, 2.05) is 0 Å². The third kappa shape index (κ3) is 4.51. The summed E-state index contributed by atoms with van der Waals surface area (Å²) < 4.78 is 19.8. The smallest absolute Gasteiger partial charge is 0.258 e. The van der Waals surface area contributed by atoms with Crippen molar-refractivity contribution < 1.29 is 13.9 Å². The van der Waals surface area contributed by atoms with Crippen LogP contribution in [0.25, 0.3) is 5.69 Å². The Morgan fingerprint density at radius 2 is 1.88 bits per heavy atom. The lowest BCUT2D eigenvalue weighted by molar-refractivity contribution is -0.123. The van der Waals surface area contributed by atoms with Crippen molar-refractivity contribution in [3.8, 4) is 11.4 Å². The molecular weight excluding hydrogens is 349 g/mol. The maximum atomic E-state index is 13.0. The highest BCUT2D eigenvalue weighted by Crippen LogP contribution is 2.15. The summed E-state index contributed by atoms with van der Waals surface area (Å²) in [6.45, 7) is -0.0487. The molecule has 0 spiro atoms. The van der Waals surface area contributed by atoms with Crippen molar-refractivity contribution in [3.05, 3.63) is 65.2 Å². The zero-order chi connectivity index (χ0) is 17.6. The molecule has 0 saturated carbocycles. The Balaban J connectivity index is 1.55. The summed E-state index contributed by atoms with van der Waals surface area (Å²) in [4.78, 5) is 11.9. The zero-order valence-corrected chi connectivity index (χ0v) is 13.7. The molecule has 0 bridgehead atoms. The number of halogens is 2. The number of rotatable bonds is 6. The van der Waals surface area contributed by atoms with Gasteiger partial charge in [-0.1, -0.05) is 11.6 Å². The van der Waals surface area contributed by atoms with Crippen LogP contribution in [0.5, 0.6) is 5.75 Å². The number of amides is 1. The van der Waals surface area contributed by atoms with Crippen molar-refractivity contribution in [2.45, 2.75) is 6.54 Å². The van der Waals surface area contributed by atoms with Crippen molar-refractivity contribution in [3.63, 3.8) is 0 Å². The molecule has 9 heteroatoms. The van der Waals surface area contributed by atoms with Crippen LogP contribution in [-0.4, -0.2) is 32.7 Å². The van der Waals surface area contributed by atoms with Gasteiger partial charge in [0.25, 0.3) is 5.91 Å². The summed E-state index contributed by atoms with van der Waals surface area (Å²) in [5.74, 6) is 0.261. The van der Waals surface area contributed by atoms with E-state index in [4.69, 9.17) is 16.3 Å². The third-order valence-electron chi connectivity index (χ3n) is 3.23.